The summed E-state index contributed by atoms with van der Waals surface area (Å²) in [5.74, 6) is -0.132. The summed E-state index contributed by atoms with van der Waals surface area (Å²) in [6.07, 6.45) is 13.0. The molecule has 3 saturated carbocycles. The molecule has 3 heteroatoms. The number of aldehydes is 1. The zero-order valence-corrected chi connectivity index (χ0v) is 20.4. The molecule has 4 aliphatic rings. The first-order valence-electron chi connectivity index (χ1n) is 13.1. The molecule has 4 rings (SSSR count). The van der Waals surface area contributed by atoms with Gasteiger partial charge < -0.3 is 4.79 Å². The van der Waals surface area contributed by atoms with Gasteiger partial charge in [-0.15, -0.1) is 0 Å². The summed E-state index contributed by atoms with van der Waals surface area (Å²) in [6.45, 7) is 11.8. The molecule has 0 aromatic carbocycles. The van der Waals surface area contributed by atoms with Crippen molar-refractivity contribution in [2.45, 2.75) is 105 Å². The van der Waals surface area contributed by atoms with E-state index < -0.39 is 17.3 Å². The summed E-state index contributed by atoms with van der Waals surface area (Å²) in [5.41, 5.74) is 1.13. The monoisotopic (exact) mass is 434 g/mol. The number of carbonyl (C=O) groups is 1. The second-order valence-corrected chi connectivity index (χ2v) is 12.7. The van der Waals surface area contributed by atoms with E-state index in [1.54, 1.807) is 6.08 Å². The third kappa shape index (κ3) is 3.84. The number of halogens is 2. The zero-order chi connectivity index (χ0) is 22.6. The van der Waals surface area contributed by atoms with Crippen LogP contribution in [-0.2, 0) is 4.79 Å². The number of fused-ring (bicyclic) bond motifs is 5. The van der Waals surface area contributed by atoms with Gasteiger partial charge in [-0.3, -0.25) is 0 Å². The zero-order valence-electron chi connectivity index (χ0n) is 20.4. The van der Waals surface area contributed by atoms with Crippen molar-refractivity contribution < 1.29 is 13.6 Å². The van der Waals surface area contributed by atoms with Gasteiger partial charge in [0.2, 0.25) is 0 Å². The SMILES string of the molecule is CC(C)CCC[C@@H](C)[C@H]1CC[C@H]2[C@@H]3CCC4=CC(C=O)C(F)(F)C[C@]4(C)[C@H]3CC[C@]12C. The van der Waals surface area contributed by atoms with E-state index in [1.807, 2.05) is 0 Å². The van der Waals surface area contributed by atoms with E-state index in [1.165, 1.54) is 38.5 Å². The van der Waals surface area contributed by atoms with Crippen molar-refractivity contribution in [2.24, 2.45) is 52.3 Å². The van der Waals surface area contributed by atoms with E-state index in [0.29, 0.717) is 29.5 Å². The lowest BCUT2D eigenvalue weighted by molar-refractivity contribution is -0.139. The summed E-state index contributed by atoms with van der Waals surface area (Å²) < 4.78 is 29.7. The Morgan fingerprint density at radius 3 is 2.48 bits per heavy atom. The van der Waals surface area contributed by atoms with Crippen molar-refractivity contribution in [3.05, 3.63) is 11.6 Å². The fourth-order valence-corrected chi connectivity index (χ4v) is 8.95. The van der Waals surface area contributed by atoms with Crippen LogP contribution in [0.3, 0.4) is 0 Å². The van der Waals surface area contributed by atoms with Crippen LogP contribution in [0.1, 0.15) is 98.8 Å². The number of allylic oxidation sites excluding steroid dienone is 2. The molecule has 0 saturated heterocycles. The minimum absolute atomic E-state index is 0.130. The highest BCUT2D eigenvalue weighted by Gasteiger charge is 2.62. The highest BCUT2D eigenvalue weighted by molar-refractivity contribution is 5.60. The first-order valence-corrected chi connectivity index (χ1v) is 13.1. The molecular weight excluding hydrogens is 390 g/mol. The van der Waals surface area contributed by atoms with E-state index in [2.05, 4.69) is 34.6 Å². The number of alkyl halides is 2. The summed E-state index contributed by atoms with van der Waals surface area (Å²) in [5, 5.41) is 0. The van der Waals surface area contributed by atoms with Gasteiger partial charge in [-0.05, 0) is 84.9 Å². The molecule has 0 radical (unpaired) electrons. The lowest BCUT2D eigenvalue weighted by Gasteiger charge is -2.59. The fourth-order valence-electron chi connectivity index (χ4n) is 8.95. The Labute approximate surface area is 188 Å². The predicted octanol–water partition coefficient (Wildman–Crippen LogP) is 8.09. The van der Waals surface area contributed by atoms with Gasteiger partial charge in [0.25, 0.3) is 5.92 Å². The average molecular weight is 435 g/mol. The molecule has 0 spiro atoms. The first-order chi connectivity index (χ1) is 14.5. The number of hydrogen-bond donors (Lipinski definition) is 0. The lowest BCUT2D eigenvalue weighted by Crippen LogP contribution is -2.53. The van der Waals surface area contributed by atoms with Gasteiger partial charge in [0.15, 0.2) is 0 Å². The standard InChI is InChI=1S/C28H44F2O/c1-18(2)7-6-8-19(3)23-11-12-24-22-10-9-20-15-21(16-31)28(29,30)17-27(20,5)25(22)13-14-26(23,24)4/h15-16,18-19,21-25H,6-14,17H2,1-5H3/t19-,21?,22+,23-,24+,25+,26-,27+/m1/s1. The van der Waals surface area contributed by atoms with Crippen LogP contribution in [0.4, 0.5) is 8.78 Å². The first kappa shape index (κ1) is 23.4. The van der Waals surface area contributed by atoms with Crippen molar-refractivity contribution in [1.82, 2.24) is 0 Å². The third-order valence-corrected chi connectivity index (χ3v) is 10.6. The summed E-state index contributed by atoms with van der Waals surface area (Å²) >= 11 is 0. The molecule has 31 heavy (non-hydrogen) atoms. The van der Waals surface area contributed by atoms with Crippen LogP contribution in [-0.4, -0.2) is 12.2 Å². The van der Waals surface area contributed by atoms with Crippen molar-refractivity contribution >= 4 is 6.29 Å². The second kappa shape index (κ2) is 8.24. The van der Waals surface area contributed by atoms with Gasteiger partial charge in [-0.2, -0.15) is 0 Å². The van der Waals surface area contributed by atoms with Crippen molar-refractivity contribution in [2.75, 3.05) is 0 Å². The molecule has 1 unspecified atom stereocenters. The smallest absolute Gasteiger partial charge is 0.261 e. The quantitative estimate of drug-likeness (QED) is 0.305. The summed E-state index contributed by atoms with van der Waals surface area (Å²) in [4.78, 5) is 11.3. The van der Waals surface area contributed by atoms with Gasteiger partial charge in [-0.1, -0.05) is 65.5 Å². The molecule has 176 valence electrons. The predicted molar refractivity (Wildman–Crippen MR) is 123 cm³/mol. The Morgan fingerprint density at radius 1 is 1.06 bits per heavy atom. The van der Waals surface area contributed by atoms with Gasteiger partial charge in [0.1, 0.15) is 6.29 Å². The number of rotatable bonds is 6. The maximum absolute atomic E-state index is 14.9. The summed E-state index contributed by atoms with van der Waals surface area (Å²) in [6, 6.07) is 0. The Morgan fingerprint density at radius 2 is 1.81 bits per heavy atom. The van der Waals surface area contributed by atoms with Gasteiger partial charge in [0, 0.05) is 6.42 Å². The second-order valence-electron chi connectivity index (χ2n) is 12.7. The van der Waals surface area contributed by atoms with Crippen LogP contribution in [0, 0.1) is 52.3 Å². The molecule has 4 aliphatic carbocycles. The van der Waals surface area contributed by atoms with Crippen LogP contribution in [0.5, 0.6) is 0 Å². The van der Waals surface area contributed by atoms with Gasteiger partial charge in [-0.25, -0.2) is 8.78 Å². The van der Waals surface area contributed by atoms with Gasteiger partial charge in [0.05, 0.1) is 5.92 Å². The number of carbonyl (C=O) groups excluding carboxylic acids is 1. The number of hydrogen-bond acceptors (Lipinski definition) is 1. The molecule has 0 aromatic rings. The molecule has 0 N–H and O–H groups in total. The Kier molecular flexibility index (Phi) is 6.23. The molecule has 0 aliphatic heterocycles. The third-order valence-electron chi connectivity index (χ3n) is 10.6. The minimum atomic E-state index is -2.90. The van der Waals surface area contributed by atoms with E-state index in [4.69, 9.17) is 0 Å². The Hall–Kier alpha value is -0.730. The molecular formula is C28H44F2O. The molecule has 1 nitrogen and oxygen atoms in total. The van der Waals surface area contributed by atoms with Crippen LogP contribution < -0.4 is 0 Å². The minimum Gasteiger partial charge on any atom is -0.302 e. The fraction of sp³-hybridized carbons (Fsp3) is 0.893. The highest BCUT2D eigenvalue weighted by atomic mass is 19.3. The van der Waals surface area contributed by atoms with E-state index in [-0.39, 0.29) is 6.42 Å². The summed E-state index contributed by atoms with van der Waals surface area (Å²) in [7, 11) is 0. The molecule has 0 heterocycles. The molecule has 0 aromatic heterocycles. The van der Waals surface area contributed by atoms with Crippen LogP contribution in [0.25, 0.3) is 0 Å². The highest BCUT2D eigenvalue weighted by Crippen LogP contribution is 2.68. The maximum Gasteiger partial charge on any atom is 0.261 e. The van der Waals surface area contributed by atoms with E-state index in [0.717, 1.165) is 42.6 Å². The van der Waals surface area contributed by atoms with Crippen LogP contribution in [0.15, 0.2) is 11.6 Å². The normalized spacial score (nSPS) is 44.8. The van der Waals surface area contributed by atoms with Crippen LogP contribution in [0.2, 0.25) is 0 Å². The largest absolute Gasteiger partial charge is 0.302 e. The maximum atomic E-state index is 14.9. The van der Waals surface area contributed by atoms with Crippen LogP contribution >= 0.6 is 0 Å². The van der Waals surface area contributed by atoms with Gasteiger partial charge >= 0.3 is 0 Å². The molecule has 8 atom stereocenters. The topological polar surface area (TPSA) is 17.1 Å². The average Bonchev–Trinajstić information content (AvgIpc) is 3.03. The van der Waals surface area contributed by atoms with Crippen molar-refractivity contribution in [3.8, 4) is 0 Å². The molecule has 0 amide bonds. The molecule has 0 bridgehead atoms. The Balaban J connectivity index is 1.53. The Bertz CT molecular complexity index is 712. The lowest BCUT2D eigenvalue weighted by atomic mass is 9.46. The van der Waals surface area contributed by atoms with E-state index in [9.17, 15) is 13.6 Å². The van der Waals surface area contributed by atoms with Crippen molar-refractivity contribution in [1.29, 1.82) is 0 Å². The van der Waals surface area contributed by atoms with Crippen molar-refractivity contribution in [3.63, 3.8) is 0 Å². The van der Waals surface area contributed by atoms with E-state index >= 15 is 0 Å². The molecule has 3 fully saturated rings.